The first-order valence-electron chi connectivity index (χ1n) is 3.54. The molecule has 0 aliphatic rings. The standard InChI is InChI=1S/C9H9BrOS/c1-6(11)3-4-9-8(10)5-7(2)12-9/h3-5H,1-2H3/b4-3+. The summed E-state index contributed by atoms with van der Waals surface area (Å²) >= 11 is 5.09. The lowest BCUT2D eigenvalue weighted by atomic mass is 10.3. The van der Waals surface area contributed by atoms with Gasteiger partial charge in [0.05, 0.1) is 0 Å². The van der Waals surface area contributed by atoms with Crippen LogP contribution in [0.4, 0.5) is 0 Å². The van der Waals surface area contributed by atoms with Crippen LogP contribution in [0.3, 0.4) is 0 Å². The summed E-state index contributed by atoms with van der Waals surface area (Å²) in [6, 6.07) is 2.05. The van der Waals surface area contributed by atoms with Gasteiger partial charge < -0.3 is 0 Å². The molecule has 0 aliphatic heterocycles. The number of thiophene rings is 1. The molecule has 0 aliphatic carbocycles. The van der Waals surface area contributed by atoms with Gasteiger partial charge in [-0.1, -0.05) is 0 Å². The van der Waals surface area contributed by atoms with Crippen LogP contribution in [0.5, 0.6) is 0 Å². The van der Waals surface area contributed by atoms with E-state index in [1.807, 2.05) is 19.1 Å². The number of hydrogen-bond acceptors (Lipinski definition) is 2. The van der Waals surface area contributed by atoms with Crippen molar-refractivity contribution in [3.63, 3.8) is 0 Å². The number of rotatable bonds is 2. The molecule has 0 saturated carbocycles. The van der Waals surface area contributed by atoms with Crippen LogP contribution in [0, 0.1) is 6.92 Å². The smallest absolute Gasteiger partial charge is 0.152 e. The summed E-state index contributed by atoms with van der Waals surface area (Å²) in [7, 11) is 0. The van der Waals surface area contributed by atoms with Gasteiger partial charge in [0, 0.05) is 14.2 Å². The lowest BCUT2D eigenvalue weighted by molar-refractivity contribution is -0.112. The molecule has 0 N–H and O–H groups in total. The van der Waals surface area contributed by atoms with Crippen molar-refractivity contribution in [2.75, 3.05) is 0 Å². The molecule has 1 heterocycles. The minimum atomic E-state index is 0.0768. The predicted octanol–water partition coefficient (Wildman–Crippen LogP) is 3.42. The maximum absolute atomic E-state index is 10.6. The fourth-order valence-corrected chi connectivity index (χ4v) is 2.49. The number of allylic oxidation sites excluding steroid dienone is 1. The van der Waals surface area contributed by atoms with Gasteiger partial charge >= 0.3 is 0 Å². The molecule has 1 nitrogen and oxygen atoms in total. The zero-order valence-corrected chi connectivity index (χ0v) is 9.33. The molecule has 1 aromatic heterocycles. The molecule has 64 valence electrons. The van der Waals surface area contributed by atoms with Crippen LogP contribution in [0.2, 0.25) is 0 Å². The molecule has 0 amide bonds. The normalized spacial score (nSPS) is 10.9. The second-order valence-electron chi connectivity index (χ2n) is 2.51. The van der Waals surface area contributed by atoms with E-state index < -0.39 is 0 Å². The van der Waals surface area contributed by atoms with Crippen LogP contribution >= 0.6 is 27.3 Å². The van der Waals surface area contributed by atoms with Crippen LogP contribution in [-0.2, 0) is 4.79 Å². The molecule has 0 unspecified atom stereocenters. The van der Waals surface area contributed by atoms with Crippen molar-refractivity contribution in [2.45, 2.75) is 13.8 Å². The van der Waals surface area contributed by atoms with Gasteiger partial charge in [-0.25, -0.2) is 0 Å². The van der Waals surface area contributed by atoms with Gasteiger partial charge in [0.25, 0.3) is 0 Å². The van der Waals surface area contributed by atoms with Crippen molar-refractivity contribution in [1.29, 1.82) is 0 Å². The Morgan fingerprint density at radius 1 is 1.67 bits per heavy atom. The number of carbonyl (C=O) groups is 1. The first kappa shape index (κ1) is 9.68. The van der Waals surface area contributed by atoms with E-state index in [2.05, 4.69) is 15.9 Å². The Bertz CT molecular complexity index is 325. The molecule has 12 heavy (non-hydrogen) atoms. The molecule has 0 bridgehead atoms. The third kappa shape index (κ3) is 2.57. The highest BCUT2D eigenvalue weighted by atomic mass is 79.9. The maximum Gasteiger partial charge on any atom is 0.152 e. The topological polar surface area (TPSA) is 17.1 Å². The van der Waals surface area contributed by atoms with Crippen LogP contribution in [-0.4, -0.2) is 5.78 Å². The first-order valence-corrected chi connectivity index (χ1v) is 5.15. The zero-order chi connectivity index (χ0) is 9.14. The SMILES string of the molecule is CC(=O)/C=C/c1sc(C)cc1Br. The molecule has 0 aromatic carbocycles. The average molecular weight is 245 g/mol. The Labute approximate surface area is 84.2 Å². The number of carbonyl (C=O) groups excluding carboxylic acids is 1. The quantitative estimate of drug-likeness (QED) is 0.729. The maximum atomic E-state index is 10.6. The Kier molecular flexibility index (Phi) is 3.23. The van der Waals surface area contributed by atoms with Crippen molar-refractivity contribution in [2.24, 2.45) is 0 Å². The minimum absolute atomic E-state index is 0.0768. The van der Waals surface area contributed by atoms with Gasteiger partial charge in [-0.05, 0) is 48.0 Å². The third-order valence-corrected chi connectivity index (χ3v) is 3.24. The molecule has 0 spiro atoms. The van der Waals surface area contributed by atoms with Crippen LogP contribution < -0.4 is 0 Å². The second kappa shape index (κ2) is 4.01. The highest BCUT2D eigenvalue weighted by Crippen LogP contribution is 2.27. The molecule has 0 fully saturated rings. The van der Waals surface area contributed by atoms with E-state index in [1.54, 1.807) is 24.3 Å². The van der Waals surface area contributed by atoms with E-state index in [0.717, 1.165) is 9.35 Å². The molecule has 0 atom stereocenters. The Hall–Kier alpha value is -0.410. The van der Waals surface area contributed by atoms with E-state index in [0.29, 0.717) is 0 Å². The van der Waals surface area contributed by atoms with Crippen LogP contribution in [0.15, 0.2) is 16.6 Å². The van der Waals surface area contributed by atoms with Crippen molar-refractivity contribution >= 4 is 39.1 Å². The van der Waals surface area contributed by atoms with Crippen molar-refractivity contribution in [1.82, 2.24) is 0 Å². The summed E-state index contributed by atoms with van der Waals surface area (Å²) in [5.41, 5.74) is 0. The molecule has 1 rings (SSSR count). The Morgan fingerprint density at radius 3 is 2.75 bits per heavy atom. The summed E-state index contributed by atoms with van der Waals surface area (Å²) in [5, 5.41) is 0. The van der Waals surface area contributed by atoms with E-state index in [9.17, 15) is 4.79 Å². The lowest BCUT2D eigenvalue weighted by Gasteiger charge is -1.84. The summed E-state index contributed by atoms with van der Waals surface area (Å²) < 4.78 is 1.06. The first-order chi connectivity index (χ1) is 5.59. The van der Waals surface area contributed by atoms with E-state index in [1.165, 1.54) is 4.88 Å². The van der Waals surface area contributed by atoms with Crippen molar-refractivity contribution in [3.8, 4) is 0 Å². The average Bonchev–Trinajstić information content (AvgIpc) is 2.26. The summed E-state index contributed by atoms with van der Waals surface area (Å²) in [5.74, 6) is 0.0768. The van der Waals surface area contributed by atoms with Crippen LogP contribution in [0.1, 0.15) is 16.7 Å². The second-order valence-corrected chi connectivity index (χ2v) is 4.66. The molecular weight excluding hydrogens is 236 g/mol. The number of ketones is 1. The van der Waals surface area contributed by atoms with Gasteiger partial charge in [0.15, 0.2) is 5.78 Å². The fraction of sp³-hybridized carbons (Fsp3) is 0.222. The highest BCUT2D eigenvalue weighted by molar-refractivity contribution is 9.10. The van der Waals surface area contributed by atoms with Crippen molar-refractivity contribution in [3.05, 3.63) is 26.4 Å². The number of aryl methyl sites for hydroxylation is 1. The number of halogens is 1. The molecule has 0 saturated heterocycles. The summed E-state index contributed by atoms with van der Waals surface area (Å²) in [6.45, 7) is 3.59. The molecular formula is C9H9BrOS. The molecule has 1 aromatic rings. The highest BCUT2D eigenvalue weighted by Gasteiger charge is 1.99. The predicted molar refractivity (Wildman–Crippen MR) is 56.5 cm³/mol. The van der Waals surface area contributed by atoms with Gasteiger partial charge in [-0.3, -0.25) is 4.79 Å². The Morgan fingerprint density at radius 2 is 2.33 bits per heavy atom. The van der Waals surface area contributed by atoms with E-state index in [4.69, 9.17) is 0 Å². The minimum Gasteiger partial charge on any atom is -0.295 e. The van der Waals surface area contributed by atoms with Gasteiger partial charge in [-0.15, -0.1) is 11.3 Å². The van der Waals surface area contributed by atoms with Gasteiger partial charge in [0.1, 0.15) is 0 Å². The van der Waals surface area contributed by atoms with E-state index in [-0.39, 0.29) is 5.78 Å². The zero-order valence-electron chi connectivity index (χ0n) is 6.93. The van der Waals surface area contributed by atoms with Crippen molar-refractivity contribution < 1.29 is 4.79 Å². The van der Waals surface area contributed by atoms with Crippen LogP contribution in [0.25, 0.3) is 6.08 Å². The third-order valence-electron chi connectivity index (χ3n) is 1.31. The largest absolute Gasteiger partial charge is 0.295 e. The van der Waals surface area contributed by atoms with Gasteiger partial charge in [-0.2, -0.15) is 0 Å². The molecule has 3 heteroatoms. The summed E-state index contributed by atoms with van der Waals surface area (Å²) in [6.07, 6.45) is 3.42. The van der Waals surface area contributed by atoms with E-state index >= 15 is 0 Å². The molecule has 0 radical (unpaired) electrons. The number of hydrogen-bond donors (Lipinski definition) is 0. The lowest BCUT2D eigenvalue weighted by Crippen LogP contribution is -1.78. The fourth-order valence-electron chi connectivity index (χ4n) is 0.808. The van der Waals surface area contributed by atoms with Gasteiger partial charge in [0.2, 0.25) is 0 Å². The Balaban J connectivity index is 2.89. The summed E-state index contributed by atoms with van der Waals surface area (Å²) in [4.78, 5) is 13.0. The monoisotopic (exact) mass is 244 g/mol.